The summed E-state index contributed by atoms with van der Waals surface area (Å²) < 4.78 is 38.7. The van der Waals surface area contributed by atoms with Gasteiger partial charge in [0.05, 0.1) is 30.9 Å². The minimum Gasteiger partial charge on any atom is -0.465 e. The Labute approximate surface area is 172 Å². The van der Waals surface area contributed by atoms with Crippen LogP contribution in [0.25, 0.3) is 0 Å². The van der Waals surface area contributed by atoms with Gasteiger partial charge in [-0.2, -0.15) is 0 Å². The minimum absolute atomic E-state index is 0.228. The lowest BCUT2D eigenvalue weighted by atomic mass is 10.0. The molecule has 0 spiro atoms. The maximum Gasteiger partial charge on any atom is 0.366 e. The molecule has 0 radical (unpaired) electrons. The predicted molar refractivity (Wildman–Crippen MR) is 107 cm³/mol. The molecule has 0 bridgehead atoms. The Bertz CT molecular complexity index is 810. The second-order valence-corrected chi connectivity index (χ2v) is 9.24. The van der Waals surface area contributed by atoms with Crippen molar-refractivity contribution in [1.82, 2.24) is 0 Å². The molecule has 0 aromatic heterocycles. The molecule has 1 heterocycles. The van der Waals surface area contributed by atoms with Gasteiger partial charge in [-0.15, -0.1) is 0 Å². The average molecular weight is 428 g/mol. The minimum atomic E-state index is -3.21. The van der Waals surface area contributed by atoms with E-state index in [2.05, 4.69) is 9.89 Å². The number of sulfone groups is 1. The number of ether oxygens (including phenoxy) is 3. The number of esters is 1. The van der Waals surface area contributed by atoms with Gasteiger partial charge >= 0.3 is 5.97 Å². The van der Waals surface area contributed by atoms with Gasteiger partial charge in [-0.05, 0) is 43.9 Å². The van der Waals surface area contributed by atoms with Gasteiger partial charge in [-0.1, -0.05) is 17.3 Å². The van der Waals surface area contributed by atoms with Gasteiger partial charge in [-0.25, -0.2) is 13.2 Å². The van der Waals surface area contributed by atoms with Crippen molar-refractivity contribution < 1.29 is 32.3 Å². The predicted octanol–water partition coefficient (Wildman–Crippen LogP) is 2.55. The topological polar surface area (TPSA) is 100 Å². The average Bonchev–Trinajstić information content (AvgIpc) is 2.70. The quantitative estimate of drug-likeness (QED) is 0.258. The lowest BCUT2D eigenvalue weighted by Gasteiger charge is -2.35. The van der Waals surface area contributed by atoms with Crippen molar-refractivity contribution >= 4 is 21.5 Å². The van der Waals surface area contributed by atoms with Gasteiger partial charge in [-0.3, -0.25) is 0 Å². The van der Waals surface area contributed by atoms with Gasteiger partial charge in [0.15, 0.2) is 9.84 Å². The monoisotopic (exact) mass is 427 g/mol. The molecule has 0 amide bonds. The van der Waals surface area contributed by atoms with Gasteiger partial charge in [0, 0.05) is 19.1 Å². The SMILES string of the molecule is COC(=O)C1(C)OCC(CCCCON=C(C)c2ccc(S(C)(=O)=O)cc2)CO1. The van der Waals surface area contributed by atoms with Crippen LogP contribution in [0.5, 0.6) is 0 Å². The van der Waals surface area contributed by atoms with Crippen molar-refractivity contribution in [2.45, 2.75) is 43.8 Å². The molecular formula is C20H29NO7S. The first-order valence-corrected chi connectivity index (χ1v) is 11.4. The van der Waals surface area contributed by atoms with Crippen molar-refractivity contribution in [1.29, 1.82) is 0 Å². The lowest BCUT2D eigenvalue weighted by molar-refractivity contribution is -0.272. The van der Waals surface area contributed by atoms with Crippen LogP contribution in [0, 0.1) is 5.92 Å². The number of oxime groups is 1. The van der Waals surface area contributed by atoms with Gasteiger partial charge in [0.1, 0.15) is 6.61 Å². The normalized spacial score (nSPS) is 22.9. The fourth-order valence-electron chi connectivity index (χ4n) is 2.85. The Morgan fingerprint density at radius 3 is 2.38 bits per heavy atom. The summed E-state index contributed by atoms with van der Waals surface area (Å²) in [6.07, 6.45) is 3.82. The molecule has 162 valence electrons. The molecule has 0 aliphatic carbocycles. The van der Waals surface area contributed by atoms with Crippen molar-refractivity contribution in [3.05, 3.63) is 29.8 Å². The second-order valence-electron chi connectivity index (χ2n) is 7.23. The zero-order valence-corrected chi connectivity index (χ0v) is 18.2. The number of carbonyl (C=O) groups excluding carboxylic acids is 1. The molecule has 1 saturated heterocycles. The molecule has 0 saturated carbocycles. The van der Waals surface area contributed by atoms with E-state index in [1.54, 1.807) is 31.2 Å². The number of rotatable bonds is 9. The third-order valence-corrected chi connectivity index (χ3v) is 5.87. The zero-order chi connectivity index (χ0) is 21.5. The largest absolute Gasteiger partial charge is 0.465 e. The lowest BCUT2D eigenvalue weighted by Crippen LogP contribution is -2.48. The van der Waals surface area contributed by atoms with E-state index in [0.717, 1.165) is 24.8 Å². The summed E-state index contributed by atoms with van der Waals surface area (Å²) in [5, 5.41) is 4.08. The summed E-state index contributed by atoms with van der Waals surface area (Å²) in [4.78, 5) is 17.3. The fraction of sp³-hybridized carbons (Fsp3) is 0.600. The third-order valence-electron chi connectivity index (χ3n) is 4.74. The van der Waals surface area contributed by atoms with Crippen LogP contribution < -0.4 is 0 Å². The summed E-state index contributed by atoms with van der Waals surface area (Å²) in [6, 6.07) is 6.54. The summed E-state index contributed by atoms with van der Waals surface area (Å²) in [6.45, 7) is 4.76. The van der Waals surface area contributed by atoms with E-state index in [-0.39, 0.29) is 10.8 Å². The highest BCUT2D eigenvalue weighted by molar-refractivity contribution is 7.90. The van der Waals surface area contributed by atoms with Crippen LogP contribution >= 0.6 is 0 Å². The Balaban J connectivity index is 1.66. The van der Waals surface area contributed by atoms with Crippen molar-refractivity contribution in [3.8, 4) is 0 Å². The summed E-state index contributed by atoms with van der Waals surface area (Å²) in [5.41, 5.74) is 1.49. The smallest absolute Gasteiger partial charge is 0.366 e. The molecule has 2 rings (SSSR count). The molecule has 0 unspecified atom stereocenters. The fourth-order valence-corrected chi connectivity index (χ4v) is 3.48. The van der Waals surface area contributed by atoms with Crippen LogP contribution in [-0.4, -0.2) is 59.1 Å². The van der Waals surface area contributed by atoms with E-state index in [9.17, 15) is 13.2 Å². The Morgan fingerprint density at radius 2 is 1.83 bits per heavy atom. The number of carbonyl (C=O) groups is 1. The first-order chi connectivity index (χ1) is 13.7. The molecule has 9 heteroatoms. The van der Waals surface area contributed by atoms with Gasteiger partial charge in [0.25, 0.3) is 5.79 Å². The first kappa shape index (κ1) is 23.3. The van der Waals surface area contributed by atoms with Crippen LogP contribution in [0.3, 0.4) is 0 Å². The summed E-state index contributed by atoms with van der Waals surface area (Å²) >= 11 is 0. The highest BCUT2D eigenvalue weighted by Crippen LogP contribution is 2.25. The third kappa shape index (κ3) is 6.80. The van der Waals surface area contributed by atoms with E-state index in [1.165, 1.54) is 13.4 Å². The highest BCUT2D eigenvalue weighted by Gasteiger charge is 2.41. The van der Waals surface area contributed by atoms with E-state index >= 15 is 0 Å². The van der Waals surface area contributed by atoms with Crippen LogP contribution in [0.15, 0.2) is 34.3 Å². The van der Waals surface area contributed by atoms with Crippen LogP contribution in [0.1, 0.15) is 38.7 Å². The number of nitrogens with zero attached hydrogens (tertiary/aromatic N) is 1. The van der Waals surface area contributed by atoms with Crippen LogP contribution in [0.2, 0.25) is 0 Å². The Hall–Kier alpha value is -1.97. The molecule has 1 aliphatic heterocycles. The van der Waals surface area contributed by atoms with Gasteiger partial charge < -0.3 is 19.0 Å². The maximum atomic E-state index is 11.6. The van der Waals surface area contributed by atoms with E-state index in [1.807, 2.05) is 6.92 Å². The molecule has 1 aliphatic rings. The first-order valence-electron chi connectivity index (χ1n) is 9.49. The second kappa shape index (κ2) is 10.2. The number of unbranched alkanes of at least 4 members (excludes halogenated alkanes) is 1. The van der Waals surface area contributed by atoms with Crippen molar-refractivity contribution in [3.63, 3.8) is 0 Å². The molecule has 1 fully saturated rings. The van der Waals surface area contributed by atoms with E-state index in [4.69, 9.17) is 14.3 Å². The molecule has 0 N–H and O–H groups in total. The summed E-state index contributed by atoms with van der Waals surface area (Å²) in [7, 11) is -1.90. The maximum absolute atomic E-state index is 11.6. The number of hydrogen-bond acceptors (Lipinski definition) is 8. The van der Waals surface area contributed by atoms with Crippen LogP contribution in [0.4, 0.5) is 0 Å². The molecular weight excluding hydrogens is 398 g/mol. The molecule has 1 aromatic carbocycles. The number of benzene rings is 1. The molecule has 8 nitrogen and oxygen atoms in total. The number of methoxy groups -OCH3 is 1. The van der Waals surface area contributed by atoms with E-state index in [0.29, 0.717) is 25.5 Å². The summed E-state index contributed by atoms with van der Waals surface area (Å²) in [5.74, 6) is -1.60. The highest BCUT2D eigenvalue weighted by atomic mass is 32.2. The van der Waals surface area contributed by atoms with E-state index < -0.39 is 21.6 Å². The zero-order valence-electron chi connectivity index (χ0n) is 17.3. The standard InChI is InChI=1S/C20H29NO7S/c1-15(17-8-10-18(11-9-17)29(4,23)24)21-28-12-6-5-7-16-13-26-20(2,27-14-16)19(22)25-3/h8-11,16H,5-7,12-14H2,1-4H3. The molecule has 1 aromatic rings. The number of hydrogen-bond donors (Lipinski definition) is 0. The Kier molecular flexibility index (Phi) is 8.18. The van der Waals surface area contributed by atoms with Crippen LogP contribution in [-0.2, 0) is 33.7 Å². The Morgan fingerprint density at radius 1 is 1.21 bits per heavy atom. The molecule has 29 heavy (non-hydrogen) atoms. The van der Waals surface area contributed by atoms with Crippen molar-refractivity contribution in [2.75, 3.05) is 33.2 Å². The van der Waals surface area contributed by atoms with Crippen molar-refractivity contribution in [2.24, 2.45) is 11.1 Å². The van der Waals surface area contributed by atoms with Gasteiger partial charge in [0.2, 0.25) is 0 Å². The molecule has 0 atom stereocenters.